The second kappa shape index (κ2) is 6.58. The second-order valence-electron chi connectivity index (χ2n) is 3.34. The van der Waals surface area contributed by atoms with Crippen molar-refractivity contribution < 1.29 is 19.3 Å². The predicted molar refractivity (Wildman–Crippen MR) is 68.9 cm³/mol. The molecule has 0 atom stereocenters. The smallest absolute Gasteiger partial charge is 0.366 e. The molecule has 0 saturated heterocycles. The third kappa shape index (κ3) is 4.18. The number of oxime groups is 2. The van der Waals surface area contributed by atoms with E-state index in [4.69, 9.17) is 22.9 Å². The summed E-state index contributed by atoms with van der Waals surface area (Å²) in [5, 5.41) is 6.16. The Morgan fingerprint density at radius 3 is 1.45 bits per heavy atom. The highest BCUT2D eigenvalue weighted by Gasteiger charge is 2.19. The second-order valence-corrected chi connectivity index (χ2v) is 3.34. The van der Waals surface area contributed by atoms with Crippen LogP contribution in [0.5, 0.6) is 0 Å². The fourth-order valence-corrected chi connectivity index (χ4v) is 1.13. The highest BCUT2D eigenvalue weighted by atomic mass is 16.7. The van der Waals surface area contributed by atoms with Crippen LogP contribution in [0.4, 0.5) is 0 Å². The summed E-state index contributed by atoms with van der Waals surface area (Å²) < 4.78 is 0. The first kappa shape index (κ1) is 14.8. The number of hydrogen-bond acceptors (Lipinski definition) is 6. The Kier molecular flexibility index (Phi) is 4.86. The molecule has 0 bridgehead atoms. The van der Waals surface area contributed by atoms with Gasteiger partial charge in [-0.2, -0.15) is 0 Å². The van der Waals surface area contributed by atoms with Crippen molar-refractivity contribution in [3.63, 3.8) is 0 Å². The van der Waals surface area contributed by atoms with E-state index >= 15 is 0 Å². The zero-order valence-electron chi connectivity index (χ0n) is 10.1. The molecule has 10 nitrogen and oxygen atoms in total. The number of guanidine groups is 2. The van der Waals surface area contributed by atoms with E-state index in [0.29, 0.717) is 0 Å². The van der Waals surface area contributed by atoms with Gasteiger partial charge in [-0.3, -0.25) is 0 Å². The topological polar surface area (TPSA) is 181 Å². The van der Waals surface area contributed by atoms with Gasteiger partial charge in [-0.1, -0.05) is 12.1 Å². The first-order chi connectivity index (χ1) is 9.41. The highest BCUT2D eigenvalue weighted by molar-refractivity contribution is 6.03. The van der Waals surface area contributed by atoms with Gasteiger partial charge in [-0.05, 0) is 22.4 Å². The zero-order valence-corrected chi connectivity index (χ0v) is 10.1. The van der Waals surface area contributed by atoms with Crippen molar-refractivity contribution in [2.24, 2.45) is 33.2 Å². The van der Waals surface area contributed by atoms with Crippen molar-refractivity contribution in [3.05, 3.63) is 35.4 Å². The molecule has 0 aliphatic rings. The Morgan fingerprint density at radius 1 is 0.800 bits per heavy atom. The number of hydrogen-bond donors (Lipinski definition) is 4. The molecule has 0 spiro atoms. The first-order valence-electron chi connectivity index (χ1n) is 5.11. The summed E-state index contributed by atoms with van der Waals surface area (Å²) in [5.41, 5.74) is 19.8. The van der Waals surface area contributed by atoms with Crippen LogP contribution < -0.4 is 22.9 Å². The number of rotatable bonds is 4. The van der Waals surface area contributed by atoms with Gasteiger partial charge in [0.2, 0.25) is 11.9 Å². The molecule has 1 aromatic carbocycles. The maximum absolute atomic E-state index is 11.7. The summed E-state index contributed by atoms with van der Waals surface area (Å²) in [6.45, 7) is 0. The molecule has 1 aromatic rings. The lowest BCUT2D eigenvalue weighted by molar-refractivity contribution is 0.0468. The van der Waals surface area contributed by atoms with Gasteiger partial charge in [-0.25, -0.2) is 9.59 Å². The lowest BCUT2D eigenvalue weighted by Gasteiger charge is -2.04. The minimum atomic E-state index is -0.948. The highest BCUT2D eigenvalue weighted by Crippen LogP contribution is 2.12. The summed E-state index contributed by atoms with van der Waals surface area (Å²) in [5.74, 6) is -2.79. The molecule has 8 N–H and O–H groups in total. The monoisotopic (exact) mass is 280 g/mol. The minimum Gasteiger partial charge on any atom is -0.367 e. The lowest BCUT2D eigenvalue weighted by atomic mass is 10.1. The normalized spacial score (nSPS) is 9.20. The average Bonchev–Trinajstić information content (AvgIpc) is 2.42. The fraction of sp³-hybridized carbons (Fsp3) is 0. The number of carbonyl (C=O) groups excluding carboxylic acids is 2. The molecule has 0 heterocycles. The number of benzene rings is 1. The molecule has 0 fully saturated rings. The van der Waals surface area contributed by atoms with Crippen LogP contribution in [0.2, 0.25) is 0 Å². The third-order valence-electron chi connectivity index (χ3n) is 1.83. The maximum atomic E-state index is 11.7. The zero-order chi connectivity index (χ0) is 15.1. The van der Waals surface area contributed by atoms with Crippen LogP contribution >= 0.6 is 0 Å². The van der Waals surface area contributed by atoms with Gasteiger partial charge in [0, 0.05) is 0 Å². The maximum Gasteiger partial charge on any atom is 0.366 e. The summed E-state index contributed by atoms with van der Waals surface area (Å²) in [6.07, 6.45) is 0. The Hall–Kier alpha value is -3.30. The van der Waals surface area contributed by atoms with E-state index in [0.717, 1.165) is 0 Å². The van der Waals surface area contributed by atoms with Crippen LogP contribution in [0.1, 0.15) is 20.7 Å². The van der Waals surface area contributed by atoms with Crippen molar-refractivity contribution >= 4 is 23.9 Å². The van der Waals surface area contributed by atoms with E-state index in [2.05, 4.69) is 20.0 Å². The quantitative estimate of drug-likeness (QED) is 0.219. The SMILES string of the molecule is NC(N)=NOC(=O)c1ccccc1C(=O)ON=C(N)N. The molecular formula is C10H12N6O4. The van der Waals surface area contributed by atoms with Crippen molar-refractivity contribution in [1.82, 2.24) is 0 Å². The molecule has 1 rings (SSSR count). The van der Waals surface area contributed by atoms with E-state index in [-0.39, 0.29) is 11.1 Å². The van der Waals surface area contributed by atoms with Gasteiger partial charge >= 0.3 is 11.9 Å². The molecule has 0 radical (unpaired) electrons. The summed E-state index contributed by atoms with van der Waals surface area (Å²) in [4.78, 5) is 32.2. The molecule has 10 heteroatoms. The number of carbonyl (C=O) groups is 2. The van der Waals surface area contributed by atoms with Crippen LogP contribution in [0.3, 0.4) is 0 Å². The predicted octanol–water partition coefficient (Wildman–Crippen LogP) is -1.62. The van der Waals surface area contributed by atoms with Crippen LogP contribution in [0.15, 0.2) is 34.6 Å². The third-order valence-corrected chi connectivity index (χ3v) is 1.83. The van der Waals surface area contributed by atoms with Crippen LogP contribution in [-0.4, -0.2) is 23.9 Å². The molecular weight excluding hydrogens is 268 g/mol. The van der Waals surface area contributed by atoms with Gasteiger partial charge in [-0.15, -0.1) is 0 Å². The molecule has 0 saturated carbocycles. The number of nitrogens with zero attached hydrogens (tertiary/aromatic N) is 2. The Morgan fingerprint density at radius 2 is 1.15 bits per heavy atom. The fourth-order valence-electron chi connectivity index (χ4n) is 1.13. The Bertz CT molecular complexity index is 524. The van der Waals surface area contributed by atoms with Gasteiger partial charge in [0.25, 0.3) is 0 Å². The van der Waals surface area contributed by atoms with Crippen molar-refractivity contribution in [1.29, 1.82) is 0 Å². The molecule has 0 amide bonds. The summed E-state index contributed by atoms with van der Waals surface area (Å²) in [7, 11) is 0. The van der Waals surface area contributed by atoms with E-state index in [9.17, 15) is 9.59 Å². The standard InChI is InChI=1S/C10H12N6O4/c11-9(12)15-19-7(17)5-3-1-2-4-6(5)8(18)20-16-10(13)14/h1-4H,(H4,11,12,15)(H4,13,14,16). The average molecular weight is 280 g/mol. The molecule has 0 aromatic heterocycles. The van der Waals surface area contributed by atoms with Gasteiger partial charge in [0.15, 0.2) is 0 Å². The van der Waals surface area contributed by atoms with E-state index < -0.39 is 23.9 Å². The largest absolute Gasteiger partial charge is 0.367 e. The van der Waals surface area contributed by atoms with E-state index in [1.54, 1.807) is 0 Å². The number of nitrogens with two attached hydrogens (primary N) is 4. The van der Waals surface area contributed by atoms with Crippen LogP contribution in [-0.2, 0) is 9.68 Å². The Balaban J connectivity index is 2.99. The molecule has 0 aliphatic heterocycles. The van der Waals surface area contributed by atoms with E-state index in [1.165, 1.54) is 24.3 Å². The Labute approximate surface area is 112 Å². The molecule has 0 unspecified atom stereocenters. The van der Waals surface area contributed by atoms with Gasteiger partial charge in [0.1, 0.15) is 0 Å². The van der Waals surface area contributed by atoms with Gasteiger partial charge in [0.05, 0.1) is 11.1 Å². The first-order valence-corrected chi connectivity index (χ1v) is 5.11. The lowest BCUT2D eigenvalue weighted by Crippen LogP contribution is -2.24. The van der Waals surface area contributed by atoms with Crippen molar-refractivity contribution in [2.45, 2.75) is 0 Å². The molecule has 106 valence electrons. The minimum absolute atomic E-state index is 0.117. The molecule has 0 aliphatic carbocycles. The van der Waals surface area contributed by atoms with E-state index in [1.807, 2.05) is 0 Å². The summed E-state index contributed by atoms with van der Waals surface area (Å²) >= 11 is 0. The van der Waals surface area contributed by atoms with Gasteiger partial charge < -0.3 is 32.6 Å². The van der Waals surface area contributed by atoms with Crippen molar-refractivity contribution in [2.75, 3.05) is 0 Å². The van der Waals surface area contributed by atoms with Crippen LogP contribution in [0.25, 0.3) is 0 Å². The summed E-state index contributed by atoms with van der Waals surface area (Å²) in [6, 6.07) is 5.64. The molecule has 20 heavy (non-hydrogen) atoms. The van der Waals surface area contributed by atoms with Crippen LogP contribution in [0, 0.1) is 0 Å². The van der Waals surface area contributed by atoms with Crippen molar-refractivity contribution in [3.8, 4) is 0 Å².